The number of rotatable bonds is 5. The Morgan fingerprint density at radius 1 is 1.40 bits per heavy atom. The van der Waals surface area contributed by atoms with Crippen molar-refractivity contribution < 1.29 is 8.42 Å². The maximum atomic E-state index is 12.5. The number of halogens is 1. The Labute approximate surface area is 124 Å². The fourth-order valence-corrected chi connectivity index (χ4v) is 4.24. The van der Waals surface area contributed by atoms with Gasteiger partial charge in [0.15, 0.2) is 10.2 Å². The molecule has 20 heavy (non-hydrogen) atoms. The molecule has 0 amide bonds. The Morgan fingerprint density at radius 2 is 2.10 bits per heavy atom. The van der Waals surface area contributed by atoms with Crippen LogP contribution in [-0.4, -0.2) is 23.8 Å². The zero-order valence-corrected chi connectivity index (χ0v) is 13.2. The summed E-state index contributed by atoms with van der Waals surface area (Å²) in [4.78, 5) is 4.07. The molecule has 0 saturated heterocycles. The average molecular weight is 316 g/mol. The largest absolute Gasteiger partial charge is 0.288 e. The van der Waals surface area contributed by atoms with Crippen LogP contribution >= 0.6 is 11.6 Å². The lowest BCUT2D eigenvalue weighted by atomic mass is 10.0. The minimum absolute atomic E-state index is 0.00568. The summed E-state index contributed by atoms with van der Waals surface area (Å²) in [6, 6.07) is 5.10. The number of nitrogens with zero attached hydrogens (tertiary/aromatic N) is 2. The smallest absolute Gasteiger partial charge is 0.260 e. The van der Waals surface area contributed by atoms with Crippen LogP contribution in [0.15, 0.2) is 29.4 Å². The molecule has 0 fully saturated rings. The van der Waals surface area contributed by atoms with Crippen molar-refractivity contribution in [1.29, 1.82) is 0 Å². The number of sulfonamides is 1. The highest BCUT2D eigenvalue weighted by molar-refractivity contribution is 7.89. The van der Waals surface area contributed by atoms with E-state index in [2.05, 4.69) is 9.71 Å². The summed E-state index contributed by atoms with van der Waals surface area (Å²) in [6.07, 6.45) is 2.35. The molecule has 1 unspecified atom stereocenters. The molecule has 2 aromatic heterocycles. The molecule has 0 aliphatic rings. The third kappa shape index (κ3) is 2.82. The van der Waals surface area contributed by atoms with E-state index in [0.29, 0.717) is 12.1 Å². The Kier molecular flexibility index (Phi) is 4.36. The van der Waals surface area contributed by atoms with E-state index >= 15 is 0 Å². The predicted molar refractivity (Wildman–Crippen MR) is 79.4 cm³/mol. The van der Waals surface area contributed by atoms with Gasteiger partial charge in [-0.25, -0.2) is 18.1 Å². The summed E-state index contributed by atoms with van der Waals surface area (Å²) in [7, 11) is -3.71. The van der Waals surface area contributed by atoms with Crippen molar-refractivity contribution in [2.45, 2.75) is 38.3 Å². The minimum Gasteiger partial charge on any atom is -0.288 e. The number of aromatic nitrogens is 2. The number of pyridine rings is 1. The fourth-order valence-electron chi connectivity index (χ4n) is 2.13. The van der Waals surface area contributed by atoms with Crippen LogP contribution in [0, 0.1) is 5.92 Å². The first-order valence-corrected chi connectivity index (χ1v) is 8.38. The van der Waals surface area contributed by atoms with E-state index in [1.165, 1.54) is 4.40 Å². The Morgan fingerprint density at radius 3 is 2.70 bits per heavy atom. The van der Waals surface area contributed by atoms with Gasteiger partial charge in [-0.2, -0.15) is 0 Å². The normalized spacial score (nSPS) is 14.1. The third-order valence-electron chi connectivity index (χ3n) is 3.25. The van der Waals surface area contributed by atoms with Crippen LogP contribution < -0.4 is 4.72 Å². The van der Waals surface area contributed by atoms with Crippen molar-refractivity contribution >= 4 is 27.3 Å². The van der Waals surface area contributed by atoms with Gasteiger partial charge in [-0.3, -0.25) is 4.40 Å². The highest BCUT2D eigenvalue weighted by Gasteiger charge is 2.27. The van der Waals surface area contributed by atoms with Gasteiger partial charge >= 0.3 is 0 Å². The zero-order valence-electron chi connectivity index (χ0n) is 11.7. The Bertz CT molecular complexity index is 709. The molecule has 0 radical (unpaired) electrons. The van der Waals surface area contributed by atoms with E-state index in [-0.39, 0.29) is 22.1 Å². The van der Waals surface area contributed by atoms with E-state index in [1.807, 2.05) is 20.8 Å². The average Bonchev–Trinajstić information content (AvgIpc) is 2.72. The second-order valence-electron chi connectivity index (χ2n) is 5.02. The van der Waals surface area contributed by atoms with E-state index in [1.54, 1.807) is 24.4 Å². The van der Waals surface area contributed by atoms with Crippen LogP contribution in [0.3, 0.4) is 0 Å². The molecule has 0 bridgehead atoms. The first kappa shape index (κ1) is 15.3. The molecular weight excluding hydrogens is 298 g/mol. The molecule has 1 atom stereocenters. The zero-order chi connectivity index (χ0) is 14.9. The van der Waals surface area contributed by atoms with Crippen molar-refractivity contribution in [3.8, 4) is 0 Å². The summed E-state index contributed by atoms with van der Waals surface area (Å²) in [6.45, 7) is 5.91. The molecule has 1 N–H and O–H groups in total. The lowest BCUT2D eigenvalue weighted by Crippen LogP contribution is -2.38. The standard InChI is InChI=1S/C13H18ClN3O2S/c1-4-10(9(2)3)16-20(18,19)13-12(14)15-11-7-5-6-8-17(11)13/h5-10,16H,4H2,1-3H3. The van der Waals surface area contributed by atoms with Crippen LogP contribution in [-0.2, 0) is 10.0 Å². The van der Waals surface area contributed by atoms with Gasteiger partial charge < -0.3 is 0 Å². The van der Waals surface area contributed by atoms with Gasteiger partial charge in [0.05, 0.1) is 0 Å². The van der Waals surface area contributed by atoms with Crippen molar-refractivity contribution in [2.75, 3.05) is 0 Å². The quantitative estimate of drug-likeness (QED) is 0.922. The molecule has 5 nitrogen and oxygen atoms in total. The molecule has 2 rings (SSSR count). The first-order valence-electron chi connectivity index (χ1n) is 6.51. The molecule has 2 aromatic rings. The van der Waals surface area contributed by atoms with Gasteiger partial charge in [0.2, 0.25) is 0 Å². The Hall–Kier alpha value is -1.11. The molecule has 0 aliphatic heterocycles. The van der Waals surface area contributed by atoms with Gasteiger partial charge in [-0.05, 0) is 24.5 Å². The third-order valence-corrected chi connectivity index (χ3v) is 5.14. The lowest BCUT2D eigenvalue weighted by molar-refractivity contribution is 0.436. The summed E-state index contributed by atoms with van der Waals surface area (Å²) < 4.78 is 29.3. The summed E-state index contributed by atoms with van der Waals surface area (Å²) in [5.41, 5.74) is 0.510. The summed E-state index contributed by atoms with van der Waals surface area (Å²) in [5.74, 6) is 0.202. The summed E-state index contributed by atoms with van der Waals surface area (Å²) in [5, 5.41) is -0.0174. The highest BCUT2D eigenvalue weighted by atomic mass is 35.5. The maximum absolute atomic E-state index is 12.5. The summed E-state index contributed by atoms with van der Waals surface area (Å²) >= 11 is 6.01. The fraction of sp³-hybridized carbons (Fsp3) is 0.462. The number of imidazole rings is 1. The molecule has 0 saturated carbocycles. The second-order valence-corrected chi connectivity index (χ2v) is 7.00. The van der Waals surface area contributed by atoms with Crippen LogP contribution in [0.2, 0.25) is 5.15 Å². The van der Waals surface area contributed by atoms with Crippen molar-refractivity contribution in [3.63, 3.8) is 0 Å². The Balaban J connectivity index is 2.49. The highest BCUT2D eigenvalue weighted by Crippen LogP contribution is 2.23. The molecule has 7 heteroatoms. The van der Waals surface area contributed by atoms with Crippen LogP contribution in [0.4, 0.5) is 0 Å². The predicted octanol–water partition coefficient (Wildman–Crippen LogP) is 2.70. The molecule has 0 aromatic carbocycles. The van der Waals surface area contributed by atoms with Crippen molar-refractivity contribution in [1.82, 2.24) is 14.1 Å². The number of hydrogen-bond acceptors (Lipinski definition) is 3. The van der Waals surface area contributed by atoms with Crippen LogP contribution in [0.1, 0.15) is 27.2 Å². The lowest BCUT2D eigenvalue weighted by Gasteiger charge is -2.20. The van der Waals surface area contributed by atoms with Crippen LogP contribution in [0.5, 0.6) is 0 Å². The maximum Gasteiger partial charge on any atom is 0.260 e. The van der Waals surface area contributed by atoms with Gasteiger partial charge in [-0.15, -0.1) is 0 Å². The molecule has 0 aliphatic carbocycles. The SMILES string of the molecule is CCC(NS(=O)(=O)c1c(Cl)nc2ccccn12)C(C)C. The molecule has 110 valence electrons. The van der Waals surface area contributed by atoms with Crippen molar-refractivity contribution in [2.24, 2.45) is 5.92 Å². The van der Waals surface area contributed by atoms with Gasteiger partial charge in [0, 0.05) is 12.2 Å². The van der Waals surface area contributed by atoms with E-state index in [9.17, 15) is 8.42 Å². The van der Waals surface area contributed by atoms with Gasteiger partial charge in [0.25, 0.3) is 10.0 Å². The van der Waals surface area contributed by atoms with Crippen LogP contribution in [0.25, 0.3) is 5.65 Å². The first-order chi connectivity index (χ1) is 9.36. The van der Waals surface area contributed by atoms with E-state index in [4.69, 9.17) is 11.6 Å². The van der Waals surface area contributed by atoms with Gasteiger partial charge in [-0.1, -0.05) is 38.4 Å². The van der Waals surface area contributed by atoms with Crippen molar-refractivity contribution in [3.05, 3.63) is 29.5 Å². The monoisotopic (exact) mass is 315 g/mol. The molecule has 0 spiro atoms. The van der Waals surface area contributed by atoms with E-state index < -0.39 is 10.0 Å². The number of fused-ring (bicyclic) bond motifs is 1. The molecule has 2 heterocycles. The topological polar surface area (TPSA) is 63.5 Å². The minimum atomic E-state index is -3.71. The van der Waals surface area contributed by atoms with E-state index in [0.717, 1.165) is 0 Å². The van der Waals surface area contributed by atoms with Gasteiger partial charge in [0.1, 0.15) is 5.65 Å². The molecular formula is C13H18ClN3O2S. The number of hydrogen-bond donors (Lipinski definition) is 1. The second kappa shape index (κ2) is 5.71. The number of nitrogens with one attached hydrogen (secondary N) is 1.